The molecule has 0 bridgehead atoms. The predicted molar refractivity (Wildman–Crippen MR) is 64.2 cm³/mol. The lowest BCUT2D eigenvalue weighted by Crippen LogP contribution is -2.52. The van der Waals surface area contributed by atoms with Crippen LogP contribution in [0.2, 0.25) is 0 Å². The zero-order valence-corrected chi connectivity index (χ0v) is 9.95. The van der Waals surface area contributed by atoms with Gasteiger partial charge in [0.1, 0.15) is 0 Å². The number of benzene rings is 1. The van der Waals surface area contributed by atoms with Crippen LogP contribution in [0.15, 0.2) is 30.3 Å². The van der Waals surface area contributed by atoms with E-state index >= 15 is 0 Å². The third kappa shape index (κ3) is 3.26. The van der Waals surface area contributed by atoms with Gasteiger partial charge in [0, 0.05) is 6.42 Å². The van der Waals surface area contributed by atoms with Crippen LogP contribution < -0.4 is 5.73 Å². The van der Waals surface area contributed by atoms with Crippen LogP contribution in [0.5, 0.6) is 0 Å². The van der Waals surface area contributed by atoms with Crippen LogP contribution in [0, 0.1) is 0 Å². The molecule has 1 aliphatic rings. The van der Waals surface area contributed by atoms with E-state index in [4.69, 9.17) is 15.2 Å². The molecule has 4 nitrogen and oxygen atoms in total. The summed E-state index contributed by atoms with van der Waals surface area (Å²) in [6.07, 6.45) is -0.683. The highest BCUT2D eigenvalue weighted by Gasteiger charge is 2.33. The summed E-state index contributed by atoms with van der Waals surface area (Å²) in [6, 6.07) is 9.56. The minimum Gasteiger partial charge on any atom is -0.391 e. The van der Waals surface area contributed by atoms with Crippen molar-refractivity contribution in [1.29, 1.82) is 0 Å². The second-order valence-corrected chi connectivity index (χ2v) is 4.45. The lowest BCUT2D eigenvalue weighted by molar-refractivity contribution is -0.221. The van der Waals surface area contributed by atoms with Gasteiger partial charge in [-0.15, -0.1) is 0 Å². The van der Waals surface area contributed by atoms with Gasteiger partial charge in [0.05, 0.1) is 24.9 Å². The monoisotopic (exact) mass is 237 g/mol. The van der Waals surface area contributed by atoms with Gasteiger partial charge in [-0.25, -0.2) is 0 Å². The van der Waals surface area contributed by atoms with E-state index in [0.29, 0.717) is 13.0 Å². The first-order valence-electron chi connectivity index (χ1n) is 5.91. The van der Waals surface area contributed by atoms with Gasteiger partial charge in [-0.2, -0.15) is 0 Å². The van der Waals surface area contributed by atoms with Crippen molar-refractivity contribution >= 4 is 0 Å². The molecule has 94 valence electrons. The first kappa shape index (κ1) is 12.5. The highest BCUT2D eigenvalue weighted by Crippen LogP contribution is 2.20. The molecule has 0 saturated carbocycles. The average molecular weight is 237 g/mol. The van der Waals surface area contributed by atoms with E-state index in [1.54, 1.807) is 0 Å². The Balaban J connectivity index is 1.84. The molecule has 1 heterocycles. The molecule has 4 heteroatoms. The fraction of sp³-hybridized carbons (Fsp3) is 0.538. The number of nitrogens with two attached hydrogens (primary N) is 1. The van der Waals surface area contributed by atoms with Gasteiger partial charge in [-0.3, -0.25) is 0 Å². The van der Waals surface area contributed by atoms with Crippen molar-refractivity contribution in [2.75, 3.05) is 0 Å². The van der Waals surface area contributed by atoms with Gasteiger partial charge in [-0.1, -0.05) is 30.3 Å². The molecule has 0 amide bonds. The largest absolute Gasteiger partial charge is 0.391 e. The van der Waals surface area contributed by atoms with Crippen LogP contribution in [0.3, 0.4) is 0 Å². The van der Waals surface area contributed by atoms with Crippen molar-refractivity contribution in [2.24, 2.45) is 5.73 Å². The van der Waals surface area contributed by atoms with Crippen molar-refractivity contribution in [1.82, 2.24) is 0 Å². The van der Waals surface area contributed by atoms with Crippen molar-refractivity contribution in [2.45, 2.75) is 44.5 Å². The van der Waals surface area contributed by atoms with Crippen molar-refractivity contribution in [3.63, 3.8) is 0 Å². The molecular formula is C13H19NO3. The highest BCUT2D eigenvalue weighted by atomic mass is 16.7. The number of hydrogen-bond donors (Lipinski definition) is 2. The van der Waals surface area contributed by atoms with Crippen LogP contribution >= 0.6 is 0 Å². The van der Waals surface area contributed by atoms with E-state index in [1.165, 1.54) is 0 Å². The zero-order valence-electron chi connectivity index (χ0n) is 9.95. The normalized spacial score (nSPS) is 33.6. The van der Waals surface area contributed by atoms with E-state index in [-0.39, 0.29) is 18.4 Å². The topological polar surface area (TPSA) is 64.7 Å². The fourth-order valence-electron chi connectivity index (χ4n) is 1.92. The molecule has 0 aromatic heterocycles. The maximum absolute atomic E-state index is 9.73. The number of rotatable bonds is 3. The van der Waals surface area contributed by atoms with Crippen molar-refractivity contribution < 1.29 is 14.6 Å². The number of aliphatic hydroxyl groups excluding tert-OH is 1. The van der Waals surface area contributed by atoms with E-state index < -0.39 is 6.10 Å². The van der Waals surface area contributed by atoms with Gasteiger partial charge in [0.2, 0.25) is 0 Å². The Labute approximate surface area is 101 Å². The lowest BCUT2D eigenvalue weighted by Gasteiger charge is -2.35. The number of ether oxygens (including phenoxy) is 2. The molecule has 17 heavy (non-hydrogen) atoms. The first-order valence-corrected chi connectivity index (χ1v) is 5.91. The lowest BCUT2D eigenvalue weighted by atomic mass is 10.0. The quantitative estimate of drug-likeness (QED) is 0.824. The molecule has 1 aromatic rings. The van der Waals surface area contributed by atoms with Crippen molar-refractivity contribution in [3.05, 3.63) is 35.9 Å². The Hall–Kier alpha value is -0.940. The van der Waals surface area contributed by atoms with E-state index in [1.807, 2.05) is 37.3 Å². The second-order valence-electron chi connectivity index (χ2n) is 4.45. The summed E-state index contributed by atoms with van der Waals surface area (Å²) in [5.74, 6) is 0. The fourth-order valence-corrected chi connectivity index (χ4v) is 1.92. The summed E-state index contributed by atoms with van der Waals surface area (Å²) in [7, 11) is 0. The summed E-state index contributed by atoms with van der Waals surface area (Å²) in [6.45, 7) is 2.34. The third-order valence-electron chi connectivity index (χ3n) is 3.07. The SMILES string of the molecule is CC1OC(OCc2ccccc2)CC(O)C1N. The molecular weight excluding hydrogens is 218 g/mol. The molecule has 0 spiro atoms. The minimum absolute atomic E-state index is 0.181. The van der Waals surface area contributed by atoms with Gasteiger partial charge in [-0.05, 0) is 12.5 Å². The van der Waals surface area contributed by atoms with Crippen molar-refractivity contribution in [3.8, 4) is 0 Å². The van der Waals surface area contributed by atoms with Gasteiger partial charge in [0.25, 0.3) is 0 Å². The zero-order chi connectivity index (χ0) is 12.3. The molecule has 4 atom stereocenters. The van der Waals surface area contributed by atoms with E-state index in [2.05, 4.69) is 0 Å². The van der Waals surface area contributed by atoms with Crippen LogP contribution in [0.4, 0.5) is 0 Å². The molecule has 1 aliphatic heterocycles. The Morgan fingerprint density at radius 3 is 2.76 bits per heavy atom. The second kappa shape index (κ2) is 5.60. The Morgan fingerprint density at radius 2 is 2.12 bits per heavy atom. The van der Waals surface area contributed by atoms with E-state index in [0.717, 1.165) is 5.56 Å². The summed E-state index contributed by atoms with van der Waals surface area (Å²) in [5, 5.41) is 9.73. The molecule has 0 aliphatic carbocycles. The summed E-state index contributed by atoms with van der Waals surface area (Å²) in [4.78, 5) is 0. The summed E-state index contributed by atoms with van der Waals surface area (Å²) >= 11 is 0. The van der Waals surface area contributed by atoms with Crippen LogP contribution in [-0.2, 0) is 16.1 Å². The molecule has 1 fully saturated rings. The molecule has 3 N–H and O–H groups in total. The average Bonchev–Trinajstić information content (AvgIpc) is 2.34. The van der Waals surface area contributed by atoms with Crippen LogP contribution in [0.1, 0.15) is 18.9 Å². The molecule has 2 rings (SSSR count). The van der Waals surface area contributed by atoms with Gasteiger partial charge in [0.15, 0.2) is 6.29 Å². The Bertz CT molecular complexity index is 332. The first-order chi connectivity index (χ1) is 8.16. The van der Waals surface area contributed by atoms with Gasteiger partial charge >= 0.3 is 0 Å². The third-order valence-corrected chi connectivity index (χ3v) is 3.07. The Morgan fingerprint density at radius 1 is 1.41 bits per heavy atom. The summed E-state index contributed by atoms with van der Waals surface area (Å²) < 4.78 is 11.2. The number of aliphatic hydroxyl groups is 1. The molecule has 4 unspecified atom stereocenters. The van der Waals surface area contributed by atoms with Crippen LogP contribution in [0.25, 0.3) is 0 Å². The summed E-state index contributed by atoms with van der Waals surface area (Å²) in [5.41, 5.74) is 6.85. The minimum atomic E-state index is -0.556. The van der Waals surface area contributed by atoms with E-state index in [9.17, 15) is 5.11 Å². The highest BCUT2D eigenvalue weighted by molar-refractivity contribution is 5.13. The maximum atomic E-state index is 9.73. The predicted octanol–water partition coefficient (Wildman–Crippen LogP) is 1.03. The number of hydrogen-bond acceptors (Lipinski definition) is 4. The Kier molecular flexibility index (Phi) is 4.12. The molecule has 0 radical (unpaired) electrons. The maximum Gasteiger partial charge on any atom is 0.160 e. The standard InChI is InChI=1S/C13H19NO3/c1-9-13(14)11(15)7-12(17-9)16-8-10-5-3-2-4-6-10/h2-6,9,11-13,15H,7-8,14H2,1H3. The van der Waals surface area contributed by atoms with Crippen LogP contribution in [-0.4, -0.2) is 29.6 Å². The van der Waals surface area contributed by atoms with Gasteiger partial charge < -0.3 is 20.3 Å². The molecule has 1 saturated heterocycles. The molecule has 1 aromatic carbocycles. The smallest absolute Gasteiger partial charge is 0.160 e.